The Morgan fingerprint density at radius 2 is 1.93 bits per heavy atom. The fourth-order valence-corrected chi connectivity index (χ4v) is 3.23. The van der Waals surface area contributed by atoms with Crippen LogP contribution in [-0.2, 0) is 4.79 Å². The molecule has 0 bridgehead atoms. The second kappa shape index (κ2) is 8.22. The number of nitrogen functional groups attached to an aromatic ring is 1. The fraction of sp³-hybridized carbons (Fsp3) is 0.158. The molecule has 0 saturated heterocycles. The van der Waals surface area contributed by atoms with E-state index >= 15 is 0 Å². The summed E-state index contributed by atoms with van der Waals surface area (Å²) in [5, 5.41) is 10.4. The number of amides is 1. The van der Waals surface area contributed by atoms with Gasteiger partial charge in [0, 0.05) is 11.3 Å². The SMILES string of the molecule is CC(=O)c1cccc(NC(=O)C(C)Sc2nnc(-c3ccccc3F)n2N)c1. The summed E-state index contributed by atoms with van der Waals surface area (Å²) in [5.41, 5.74) is 1.25. The molecule has 0 spiro atoms. The van der Waals surface area contributed by atoms with Crippen LogP contribution in [0.2, 0.25) is 0 Å². The molecule has 3 rings (SSSR count). The molecule has 1 atom stereocenters. The summed E-state index contributed by atoms with van der Waals surface area (Å²) in [6.07, 6.45) is 0. The van der Waals surface area contributed by atoms with Gasteiger partial charge in [0.05, 0.1) is 10.8 Å². The lowest BCUT2D eigenvalue weighted by molar-refractivity contribution is -0.115. The van der Waals surface area contributed by atoms with E-state index in [9.17, 15) is 14.0 Å². The van der Waals surface area contributed by atoms with Crippen molar-refractivity contribution in [2.45, 2.75) is 24.3 Å². The molecule has 3 aromatic rings. The highest BCUT2D eigenvalue weighted by atomic mass is 32.2. The van der Waals surface area contributed by atoms with E-state index in [-0.39, 0.29) is 28.2 Å². The highest BCUT2D eigenvalue weighted by Gasteiger charge is 2.21. The zero-order chi connectivity index (χ0) is 20.3. The average molecular weight is 399 g/mol. The molecule has 1 unspecified atom stereocenters. The van der Waals surface area contributed by atoms with Gasteiger partial charge in [0.2, 0.25) is 11.1 Å². The van der Waals surface area contributed by atoms with E-state index in [1.54, 1.807) is 49.4 Å². The van der Waals surface area contributed by atoms with Crippen LogP contribution in [0.15, 0.2) is 53.7 Å². The molecular weight excluding hydrogens is 381 g/mol. The average Bonchev–Trinajstić information content (AvgIpc) is 3.02. The molecule has 1 heterocycles. The van der Waals surface area contributed by atoms with Gasteiger partial charge in [-0.2, -0.15) is 0 Å². The van der Waals surface area contributed by atoms with Crippen LogP contribution in [0.4, 0.5) is 10.1 Å². The number of aromatic nitrogens is 3. The maximum atomic E-state index is 14.0. The van der Waals surface area contributed by atoms with Gasteiger partial charge in [0.1, 0.15) is 5.82 Å². The van der Waals surface area contributed by atoms with Crippen molar-refractivity contribution in [2.75, 3.05) is 11.2 Å². The molecule has 0 aliphatic carbocycles. The summed E-state index contributed by atoms with van der Waals surface area (Å²) in [6.45, 7) is 3.15. The number of hydrogen-bond acceptors (Lipinski definition) is 6. The smallest absolute Gasteiger partial charge is 0.237 e. The molecule has 1 amide bonds. The quantitative estimate of drug-likeness (QED) is 0.375. The van der Waals surface area contributed by atoms with E-state index < -0.39 is 11.1 Å². The molecule has 3 N–H and O–H groups in total. The standard InChI is InChI=1S/C19H18FN5O2S/c1-11(26)13-6-5-7-14(10-13)22-18(27)12(2)28-19-24-23-17(25(19)21)15-8-3-4-9-16(15)20/h3-10,12H,21H2,1-2H3,(H,22,27). The zero-order valence-corrected chi connectivity index (χ0v) is 16.0. The van der Waals surface area contributed by atoms with Gasteiger partial charge in [-0.25, -0.2) is 9.07 Å². The second-order valence-corrected chi connectivity index (χ2v) is 7.35. The van der Waals surface area contributed by atoms with Gasteiger partial charge in [-0.3, -0.25) is 9.59 Å². The normalized spacial score (nSPS) is 11.8. The first-order valence-electron chi connectivity index (χ1n) is 8.40. The first-order chi connectivity index (χ1) is 13.4. The number of rotatable bonds is 6. The van der Waals surface area contributed by atoms with Crippen LogP contribution in [0.25, 0.3) is 11.4 Å². The van der Waals surface area contributed by atoms with Crippen LogP contribution in [0.3, 0.4) is 0 Å². The molecule has 0 aliphatic heterocycles. The Kier molecular flexibility index (Phi) is 5.74. The third kappa shape index (κ3) is 4.20. The largest absolute Gasteiger partial charge is 0.335 e. The zero-order valence-electron chi connectivity index (χ0n) is 15.2. The predicted molar refractivity (Wildman–Crippen MR) is 106 cm³/mol. The molecule has 7 nitrogen and oxygen atoms in total. The highest BCUT2D eigenvalue weighted by Crippen LogP contribution is 2.26. The summed E-state index contributed by atoms with van der Waals surface area (Å²) in [6, 6.07) is 12.8. The third-order valence-corrected chi connectivity index (χ3v) is 5.02. The minimum absolute atomic E-state index is 0.0876. The van der Waals surface area contributed by atoms with Crippen molar-refractivity contribution < 1.29 is 14.0 Å². The van der Waals surface area contributed by atoms with Gasteiger partial charge in [0.15, 0.2) is 11.6 Å². The van der Waals surface area contributed by atoms with E-state index in [1.807, 2.05) is 0 Å². The number of nitrogens with two attached hydrogens (primary N) is 1. The summed E-state index contributed by atoms with van der Waals surface area (Å²) in [7, 11) is 0. The number of carbonyl (C=O) groups is 2. The molecular formula is C19H18FN5O2S. The number of nitrogens with one attached hydrogen (secondary N) is 1. The van der Waals surface area contributed by atoms with Gasteiger partial charge in [-0.05, 0) is 38.1 Å². The van der Waals surface area contributed by atoms with Crippen molar-refractivity contribution in [3.63, 3.8) is 0 Å². The Morgan fingerprint density at radius 3 is 2.64 bits per heavy atom. The van der Waals surface area contributed by atoms with Crippen LogP contribution >= 0.6 is 11.8 Å². The van der Waals surface area contributed by atoms with Crippen LogP contribution < -0.4 is 11.2 Å². The Bertz CT molecular complexity index is 1040. The first-order valence-corrected chi connectivity index (χ1v) is 9.28. The minimum atomic E-state index is -0.555. The number of anilines is 1. The number of carbonyl (C=O) groups excluding carboxylic acids is 2. The van der Waals surface area contributed by atoms with E-state index in [1.165, 1.54) is 13.0 Å². The Morgan fingerprint density at radius 1 is 1.18 bits per heavy atom. The number of thioether (sulfide) groups is 1. The lowest BCUT2D eigenvalue weighted by Gasteiger charge is -2.12. The van der Waals surface area contributed by atoms with E-state index in [2.05, 4.69) is 15.5 Å². The maximum absolute atomic E-state index is 14.0. The molecule has 144 valence electrons. The van der Waals surface area contributed by atoms with Crippen molar-refractivity contribution >= 4 is 29.1 Å². The van der Waals surface area contributed by atoms with E-state index in [0.29, 0.717) is 11.3 Å². The van der Waals surface area contributed by atoms with Gasteiger partial charge in [-0.15, -0.1) is 10.2 Å². The minimum Gasteiger partial charge on any atom is -0.335 e. The lowest BCUT2D eigenvalue weighted by Crippen LogP contribution is -2.23. The molecule has 2 aromatic carbocycles. The van der Waals surface area contributed by atoms with Gasteiger partial charge in [-0.1, -0.05) is 36.0 Å². The number of benzene rings is 2. The van der Waals surface area contributed by atoms with E-state index in [0.717, 1.165) is 16.4 Å². The molecule has 0 saturated carbocycles. The van der Waals surface area contributed by atoms with Crippen molar-refractivity contribution in [1.29, 1.82) is 0 Å². The number of hydrogen-bond donors (Lipinski definition) is 2. The third-order valence-electron chi connectivity index (χ3n) is 3.97. The van der Waals surface area contributed by atoms with E-state index in [4.69, 9.17) is 5.84 Å². The van der Waals surface area contributed by atoms with Crippen molar-refractivity contribution in [2.24, 2.45) is 0 Å². The molecule has 9 heteroatoms. The van der Waals surface area contributed by atoms with Crippen LogP contribution in [0.5, 0.6) is 0 Å². The molecule has 28 heavy (non-hydrogen) atoms. The van der Waals surface area contributed by atoms with Gasteiger partial charge >= 0.3 is 0 Å². The number of ketones is 1. The van der Waals surface area contributed by atoms with Crippen molar-refractivity contribution in [1.82, 2.24) is 14.9 Å². The monoisotopic (exact) mass is 399 g/mol. The number of Topliss-reactive ketones (excluding diaryl/α,β-unsaturated/α-hetero) is 1. The molecule has 0 radical (unpaired) electrons. The summed E-state index contributed by atoms with van der Waals surface area (Å²) in [4.78, 5) is 23.9. The Labute approximate surface area is 165 Å². The van der Waals surface area contributed by atoms with Gasteiger partial charge in [0.25, 0.3) is 0 Å². The first kappa shape index (κ1) is 19.6. The summed E-state index contributed by atoms with van der Waals surface area (Å²) >= 11 is 1.09. The summed E-state index contributed by atoms with van der Waals surface area (Å²) in [5.74, 6) is 5.32. The number of halogens is 1. The Hall–Kier alpha value is -3.20. The van der Waals surface area contributed by atoms with Crippen LogP contribution in [-0.4, -0.2) is 31.8 Å². The summed E-state index contributed by atoms with van der Waals surface area (Å²) < 4.78 is 15.1. The molecule has 1 aromatic heterocycles. The lowest BCUT2D eigenvalue weighted by atomic mass is 10.1. The van der Waals surface area contributed by atoms with Gasteiger partial charge < -0.3 is 11.2 Å². The van der Waals surface area contributed by atoms with Crippen molar-refractivity contribution in [3.8, 4) is 11.4 Å². The maximum Gasteiger partial charge on any atom is 0.237 e. The van der Waals surface area contributed by atoms with Crippen LogP contribution in [0, 0.1) is 5.82 Å². The fourth-order valence-electron chi connectivity index (χ4n) is 2.46. The number of nitrogens with zero attached hydrogens (tertiary/aromatic N) is 3. The Balaban J connectivity index is 1.72. The molecule has 0 fully saturated rings. The topological polar surface area (TPSA) is 103 Å². The second-order valence-electron chi connectivity index (χ2n) is 6.04. The van der Waals surface area contributed by atoms with Crippen LogP contribution in [0.1, 0.15) is 24.2 Å². The van der Waals surface area contributed by atoms with Crippen molar-refractivity contribution in [3.05, 3.63) is 59.9 Å². The predicted octanol–water partition coefficient (Wildman–Crippen LogP) is 3.12. The molecule has 0 aliphatic rings. The highest BCUT2D eigenvalue weighted by molar-refractivity contribution is 8.00.